The highest BCUT2D eigenvalue weighted by Crippen LogP contribution is 2.24. The topological polar surface area (TPSA) is 84.8 Å². The molecule has 6 heteroatoms. The Morgan fingerprint density at radius 3 is 3.00 bits per heavy atom. The van der Waals surface area contributed by atoms with Gasteiger partial charge in [-0.25, -0.2) is 0 Å². The van der Waals surface area contributed by atoms with Gasteiger partial charge in [-0.3, -0.25) is 9.69 Å². The summed E-state index contributed by atoms with van der Waals surface area (Å²) < 4.78 is 0. The molecule has 19 heavy (non-hydrogen) atoms. The van der Waals surface area contributed by atoms with Crippen LogP contribution in [0.3, 0.4) is 0 Å². The van der Waals surface area contributed by atoms with Gasteiger partial charge in [0.15, 0.2) is 0 Å². The van der Waals surface area contributed by atoms with Crippen molar-refractivity contribution >= 4 is 5.91 Å². The highest BCUT2D eigenvalue weighted by atomic mass is 16.3. The van der Waals surface area contributed by atoms with Crippen LogP contribution >= 0.6 is 0 Å². The van der Waals surface area contributed by atoms with Crippen LogP contribution in [0.15, 0.2) is 18.2 Å². The predicted molar refractivity (Wildman–Crippen MR) is 70.9 cm³/mol. The van der Waals surface area contributed by atoms with E-state index in [9.17, 15) is 15.0 Å². The molecule has 1 amide bonds. The summed E-state index contributed by atoms with van der Waals surface area (Å²) in [6, 6.07) is 4.28. The first-order chi connectivity index (χ1) is 9.11. The van der Waals surface area contributed by atoms with Crippen LogP contribution in [-0.4, -0.2) is 53.7 Å². The van der Waals surface area contributed by atoms with Crippen LogP contribution in [0.5, 0.6) is 11.5 Å². The summed E-state index contributed by atoms with van der Waals surface area (Å²) in [4.78, 5) is 13.8. The number of phenolic OH excluding ortho intramolecular Hbond substituents is 2. The number of nitrogens with one attached hydrogen (secondary N) is 2. The van der Waals surface area contributed by atoms with Crippen LogP contribution in [0.4, 0.5) is 0 Å². The van der Waals surface area contributed by atoms with Crippen LogP contribution in [0.1, 0.15) is 5.56 Å². The van der Waals surface area contributed by atoms with Gasteiger partial charge in [0.2, 0.25) is 5.91 Å². The van der Waals surface area contributed by atoms with Gasteiger partial charge in [-0.1, -0.05) is 6.07 Å². The van der Waals surface area contributed by atoms with Crippen molar-refractivity contribution < 1.29 is 15.0 Å². The van der Waals surface area contributed by atoms with E-state index in [4.69, 9.17) is 0 Å². The van der Waals surface area contributed by atoms with E-state index in [1.165, 1.54) is 12.1 Å². The molecule has 6 nitrogen and oxygen atoms in total. The third-order valence-electron chi connectivity index (χ3n) is 3.35. The molecule has 1 aliphatic heterocycles. The fourth-order valence-electron chi connectivity index (χ4n) is 2.27. The van der Waals surface area contributed by atoms with Crippen LogP contribution < -0.4 is 10.6 Å². The number of phenols is 2. The lowest BCUT2D eigenvalue weighted by molar-refractivity contribution is -0.126. The van der Waals surface area contributed by atoms with E-state index >= 15 is 0 Å². The van der Waals surface area contributed by atoms with Crippen LogP contribution in [0.25, 0.3) is 0 Å². The second-order valence-electron chi connectivity index (χ2n) is 4.62. The van der Waals surface area contributed by atoms with Crippen LogP contribution in [0.2, 0.25) is 0 Å². The first-order valence-electron chi connectivity index (χ1n) is 6.29. The van der Waals surface area contributed by atoms with E-state index in [1.54, 1.807) is 13.1 Å². The number of likely N-dealkylation sites (N-methyl/N-ethyl adjacent to an activating group) is 1. The summed E-state index contributed by atoms with van der Waals surface area (Å²) >= 11 is 0. The number of carbonyl (C=O) groups excluding carboxylic acids is 1. The van der Waals surface area contributed by atoms with Crippen molar-refractivity contribution in [3.05, 3.63) is 23.8 Å². The SMILES string of the molecule is CNC(=O)C1CNCCN1Cc1ccc(O)cc1O. The molecule has 1 heterocycles. The van der Waals surface area contributed by atoms with Gasteiger partial charge in [0.05, 0.1) is 0 Å². The Bertz CT molecular complexity index is 464. The Hall–Kier alpha value is -1.79. The summed E-state index contributed by atoms with van der Waals surface area (Å²) in [7, 11) is 1.62. The maximum Gasteiger partial charge on any atom is 0.238 e. The third-order valence-corrected chi connectivity index (χ3v) is 3.35. The average molecular weight is 265 g/mol. The van der Waals surface area contributed by atoms with Crippen molar-refractivity contribution in [1.82, 2.24) is 15.5 Å². The molecule has 1 atom stereocenters. The van der Waals surface area contributed by atoms with Crippen LogP contribution in [-0.2, 0) is 11.3 Å². The Morgan fingerprint density at radius 2 is 2.32 bits per heavy atom. The molecule has 1 fully saturated rings. The number of carbonyl (C=O) groups is 1. The Morgan fingerprint density at radius 1 is 1.53 bits per heavy atom. The molecule has 0 aromatic heterocycles. The Labute approximate surface area is 112 Å². The van der Waals surface area contributed by atoms with Gasteiger partial charge in [0.25, 0.3) is 0 Å². The largest absolute Gasteiger partial charge is 0.508 e. The zero-order valence-corrected chi connectivity index (χ0v) is 10.9. The lowest BCUT2D eigenvalue weighted by Gasteiger charge is -2.34. The van der Waals surface area contributed by atoms with Crippen molar-refractivity contribution in [1.29, 1.82) is 0 Å². The molecule has 0 bridgehead atoms. The van der Waals surface area contributed by atoms with E-state index < -0.39 is 0 Å². The number of piperazine rings is 1. The highest BCUT2D eigenvalue weighted by Gasteiger charge is 2.28. The van der Waals surface area contributed by atoms with Crippen molar-refractivity contribution in [2.75, 3.05) is 26.7 Å². The minimum absolute atomic E-state index is 0.0319. The smallest absolute Gasteiger partial charge is 0.238 e. The number of amides is 1. The molecule has 1 saturated heterocycles. The molecule has 1 aromatic rings. The Kier molecular flexibility index (Phi) is 4.24. The maximum atomic E-state index is 11.8. The molecule has 0 radical (unpaired) electrons. The summed E-state index contributed by atoms with van der Waals surface area (Å²) in [6.45, 7) is 2.62. The number of aromatic hydroxyl groups is 2. The van der Waals surface area contributed by atoms with Crippen LogP contribution in [0, 0.1) is 0 Å². The summed E-state index contributed by atoms with van der Waals surface area (Å²) in [6.07, 6.45) is 0. The quantitative estimate of drug-likeness (QED) is 0.598. The van der Waals surface area contributed by atoms with E-state index in [-0.39, 0.29) is 23.4 Å². The van der Waals surface area contributed by atoms with Crippen molar-refractivity contribution in [2.45, 2.75) is 12.6 Å². The molecule has 104 valence electrons. The molecule has 1 aliphatic rings. The molecule has 0 saturated carbocycles. The van der Waals surface area contributed by atoms with E-state index in [2.05, 4.69) is 10.6 Å². The predicted octanol–water partition coefficient (Wildman–Crippen LogP) is -0.382. The van der Waals surface area contributed by atoms with E-state index in [1.807, 2.05) is 4.90 Å². The molecule has 1 aromatic carbocycles. The van der Waals surface area contributed by atoms with Gasteiger partial charge < -0.3 is 20.8 Å². The van der Waals surface area contributed by atoms with Gasteiger partial charge in [-0.2, -0.15) is 0 Å². The van der Waals surface area contributed by atoms with Gasteiger partial charge in [-0.05, 0) is 6.07 Å². The van der Waals surface area contributed by atoms with Gasteiger partial charge >= 0.3 is 0 Å². The fraction of sp³-hybridized carbons (Fsp3) is 0.462. The highest BCUT2D eigenvalue weighted by molar-refractivity contribution is 5.81. The minimum atomic E-state index is -0.244. The zero-order valence-electron chi connectivity index (χ0n) is 10.9. The molecule has 0 spiro atoms. The minimum Gasteiger partial charge on any atom is -0.508 e. The number of nitrogens with zero attached hydrogens (tertiary/aromatic N) is 1. The van der Waals surface area contributed by atoms with Crippen molar-refractivity contribution in [2.24, 2.45) is 0 Å². The normalized spacial score (nSPS) is 20.2. The summed E-state index contributed by atoms with van der Waals surface area (Å²) in [5.41, 5.74) is 0.702. The zero-order chi connectivity index (χ0) is 13.8. The lowest BCUT2D eigenvalue weighted by Crippen LogP contribution is -2.56. The molecule has 2 rings (SSSR count). The lowest BCUT2D eigenvalue weighted by atomic mass is 10.1. The molecular weight excluding hydrogens is 246 g/mol. The Balaban J connectivity index is 2.13. The van der Waals surface area contributed by atoms with Crippen molar-refractivity contribution in [3.63, 3.8) is 0 Å². The maximum absolute atomic E-state index is 11.8. The van der Waals surface area contributed by atoms with Crippen molar-refractivity contribution in [3.8, 4) is 11.5 Å². The number of hydrogen-bond donors (Lipinski definition) is 4. The van der Waals surface area contributed by atoms with Gasteiger partial charge in [0, 0.05) is 44.9 Å². The van der Waals surface area contributed by atoms with E-state index in [0.29, 0.717) is 18.7 Å². The number of benzene rings is 1. The standard InChI is InChI=1S/C13H19N3O3/c1-14-13(19)11-7-15-4-5-16(11)8-9-2-3-10(17)6-12(9)18/h2-3,6,11,15,17-18H,4-5,7-8H2,1H3,(H,14,19). The van der Waals surface area contributed by atoms with E-state index in [0.717, 1.165) is 13.1 Å². The second-order valence-corrected chi connectivity index (χ2v) is 4.62. The van der Waals surface area contributed by atoms with Gasteiger partial charge in [0.1, 0.15) is 17.5 Å². The molecule has 0 aliphatic carbocycles. The molecule has 4 N–H and O–H groups in total. The number of rotatable bonds is 3. The van der Waals surface area contributed by atoms with Gasteiger partial charge in [-0.15, -0.1) is 0 Å². The number of hydrogen-bond acceptors (Lipinski definition) is 5. The summed E-state index contributed by atoms with van der Waals surface area (Å²) in [5.74, 6) is 0.0454. The average Bonchev–Trinajstić information content (AvgIpc) is 2.41. The third kappa shape index (κ3) is 3.15. The first kappa shape index (κ1) is 13.6. The molecular formula is C13H19N3O3. The second kappa shape index (κ2) is 5.90. The fourth-order valence-corrected chi connectivity index (χ4v) is 2.27. The monoisotopic (exact) mass is 265 g/mol. The first-order valence-corrected chi connectivity index (χ1v) is 6.29. The summed E-state index contributed by atoms with van der Waals surface area (Å²) in [5, 5.41) is 24.9. The molecule has 1 unspecified atom stereocenters.